The standard InChI is InChI=1S/C20H34O4/c21-20(24-19-9-5-2-6-10-19)16-11-13-18(14-12-16)23-15-22-17-7-3-1-4-8-17/h16-19H,1-15H2. The van der Waals surface area contributed by atoms with Gasteiger partial charge in [-0.25, -0.2) is 0 Å². The van der Waals surface area contributed by atoms with E-state index in [2.05, 4.69) is 0 Å². The molecule has 0 unspecified atom stereocenters. The second kappa shape index (κ2) is 9.76. The fourth-order valence-corrected chi connectivity index (χ4v) is 4.37. The van der Waals surface area contributed by atoms with Gasteiger partial charge < -0.3 is 14.2 Å². The maximum absolute atomic E-state index is 12.3. The third-order valence-corrected chi connectivity index (χ3v) is 6.00. The number of rotatable bonds is 6. The van der Waals surface area contributed by atoms with E-state index in [9.17, 15) is 4.79 Å². The van der Waals surface area contributed by atoms with Crippen molar-refractivity contribution in [2.24, 2.45) is 5.92 Å². The van der Waals surface area contributed by atoms with Crippen molar-refractivity contribution in [3.8, 4) is 0 Å². The van der Waals surface area contributed by atoms with Crippen LogP contribution in [0.3, 0.4) is 0 Å². The first-order valence-corrected chi connectivity index (χ1v) is 10.2. The smallest absolute Gasteiger partial charge is 0.309 e. The van der Waals surface area contributed by atoms with Crippen LogP contribution in [0.25, 0.3) is 0 Å². The highest BCUT2D eigenvalue weighted by molar-refractivity contribution is 5.72. The Hall–Kier alpha value is -0.610. The summed E-state index contributed by atoms with van der Waals surface area (Å²) in [4.78, 5) is 12.3. The third-order valence-electron chi connectivity index (χ3n) is 6.00. The number of hydrogen-bond donors (Lipinski definition) is 0. The molecule has 138 valence electrons. The van der Waals surface area contributed by atoms with Gasteiger partial charge in [0, 0.05) is 0 Å². The molecule has 0 radical (unpaired) electrons. The Morgan fingerprint density at radius 2 is 1.12 bits per heavy atom. The number of carbonyl (C=O) groups excluding carboxylic acids is 1. The average Bonchev–Trinajstić information content (AvgIpc) is 2.64. The minimum atomic E-state index is 0.0406. The Morgan fingerprint density at radius 3 is 1.71 bits per heavy atom. The summed E-state index contributed by atoms with van der Waals surface area (Å²) in [5, 5.41) is 0. The Balaban J connectivity index is 1.28. The van der Waals surface area contributed by atoms with Crippen molar-refractivity contribution < 1.29 is 19.0 Å². The van der Waals surface area contributed by atoms with Crippen LogP contribution in [0, 0.1) is 5.92 Å². The summed E-state index contributed by atoms with van der Waals surface area (Å²) in [5.41, 5.74) is 0. The first kappa shape index (κ1) is 18.2. The largest absolute Gasteiger partial charge is 0.462 e. The van der Waals surface area contributed by atoms with Crippen molar-refractivity contribution in [1.29, 1.82) is 0 Å². The highest BCUT2D eigenvalue weighted by Crippen LogP contribution is 2.29. The van der Waals surface area contributed by atoms with Crippen molar-refractivity contribution in [2.75, 3.05) is 6.79 Å². The minimum absolute atomic E-state index is 0.0406. The van der Waals surface area contributed by atoms with Gasteiger partial charge in [0.2, 0.25) is 0 Å². The summed E-state index contributed by atoms with van der Waals surface area (Å²) in [5.74, 6) is 0.129. The molecule has 3 fully saturated rings. The first-order valence-electron chi connectivity index (χ1n) is 10.2. The molecule has 0 amide bonds. The van der Waals surface area contributed by atoms with E-state index in [1.165, 1.54) is 51.4 Å². The molecule has 3 saturated carbocycles. The van der Waals surface area contributed by atoms with Gasteiger partial charge in [-0.15, -0.1) is 0 Å². The van der Waals surface area contributed by atoms with Gasteiger partial charge in [-0.3, -0.25) is 4.79 Å². The van der Waals surface area contributed by atoms with Crippen molar-refractivity contribution >= 4 is 5.97 Å². The van der Waals surface area contributed by atoms with Gasteiger partial charge in [0.25, 0.3) is 0 Å². The molecule has 24 heavy (non-hydrogen) atoms. The minimum Gasteiger partial charge on any atom is -0.462 e. The van der Waals surface area contributed by atoms with Gasteiger partial charge in [0.15, 0.2) is 0 Å². The zero-order valence-electron chi connectivity index (χ0n) is 15.0. The van der Waals surface area contributed by atoms with Crippen molar-refractivity contribution in [3.05, 3.63) is 0 Å². The van der Waals surface area contributed by atoms with Crippen LogP contribution in [0.5, 0.6) is 0 Å². The van der Waals surface area contributed by atoms with Crippen LogP contribution in [0.4, 0.5) is 0 Å². The van der Waals surface area contributed by atoms with Crippen molar-refractivity contribution in [3.63, 3.8) is 0 Å². The molecule has 0 aromatic heterocycles. The molecule has 0 aromatic carbocycles. The van der Waals surface area contributed by atoms with Crippen LogP contribution in [0.1, 0.15) is 89.9 Å². The molecule has 4 heteroatoms. The summed E-state index contributed by atoms with van der Waals surface area (Å²) >= 11 is 0. The number of ether oxygens (including phenoxy) is 3. The van der Waals surface area contributed by atoms with E-state index in [1.807, 2.05) is 0 Å². The zero-order chi connectivity index (χ0) is 16.6. The molecule has 3 rings (SSSR count). The molecule has 0 N–H and O–H groups in total. The Morgan fingerprint density at radius 1 is 0.625 bits per heavy atom. The third kappa shape index (κ3) is 5.73. The topological polar surface area (TPSA) is 44.8 Å². The predicted octanol–water partition coefficient (Wildman–Crippen LogP) is 4.74. The lowest BCUT2D eigenvalue weighted by molar-refractivity contribution is -0.160. The van der Waals surface area contributed by atoms with E-state index in [-0.39, 0.29) is 24.1 Å². The van der Waals surface area contributed by atoms with Crippen molar-refractivity contribution in [2.45, 2.75) is 108 Å². The SMILES string of the molecule is O=C(OC1CCCCC1)C1CCC(OCOC2CCCCC2)CC1. The summed E-state index contributed by atoms with van der Waals surface area (Å²) in [6.45, 7) is 0.423. The van der Waals surface area contributed by atoms with Gasteiger partial charge in [-0.2, -0.15) is 0 Å². The molecule has 3 aliphatic carbocycles. The average molecular weight is 338 g/mol. The van der Waals surface area contributed by atoms with Crippen LogP contribution in [-0.4, -0.2) is 31.1 Å². The lowest BCUT2D eigenvalue weighted by atomic mass is 9.87. The number of esters is 1. The molecule has 0 saturated heterocycles. The molecular weight excluding hydrogens is 304 g/mol. The van der Waals surface area contributed by atoms with E-state index >= 15 is 0 Å². The number of hydrogen-bond acceptors (Lipinski definition) is 4. The van der Waals surface area contributed by atoms with Crippen LogP contribution >= 0.6 is 0 Å². The van der Waals surface area contributed by atoms with Crippen LogP contribution in [-0.2, 0) is 19.0 Å². The van der Waals surface area contributed by atoms with Crippen LogP contribution in [0.2, 0.25) is 0 Å². The van der Waals surface area contributed by atoms with E-state index in [4.69, 9.17) is 14.2 Å². The van der Waals surface area contributed by atoms with Crippen molar-refractivity contribution in [1.82, 2.24) is 0 Å². The highest BCUT2D eigenvalue weighted by Gasteiger charge is 2.30. The molecule has 0 bridgehead atoms. The van der Waals surface area contributed by atoms with Gasteiger partial charge in [-0.1, -0.05) is 25.7 Å². The lowest BCUT2D eigenvalue weighted by Crippen LogP contribution is -2.31. The molecule has 4 nitrogen and oxygen atoms in total. The monoisotopic (exact) mass is 338 g/mol. The van der Waals surface area contributed by atoms with Crippen LogP contribution < -0.4 is 0 Å². The fraction of sp³-hybridized carbons (Fsp3) is 0.950. The van der Waals surface area contributed by atoms with Gasteiger partial charge in [-0.05, 0) is 64.2 Å². The predicted molar refractivity (Wildman–Crippen MR) is 92.6 cm³/mol. The summed E-state index contributed by atoms with van der Waals surface area (Å²) in [6, 6.07) is 0. The molecule has 0 aromatic rings. The maximum Gasteiger partial charge on any atom is 0.309 e. The Labute approximate surface area is 146 Å². The highest BCUT2D eigenvalue weighted by atomic mass is 16.7. The van der Waals surface area contributed by atoms with E-state index in [1.54, 1.807) is 0 Å². The van der Waals surface area contributed by atoms with E-state index < -0.39 is 0 Å². The maximum atomic E-state index is 12.3. The van der Waals surface area contributed by atoms with Gasteiger partial charge in [0.1, 0.15) is 12.9 Å². The second-order valence-electron chi connectivity index (χ2n) is 7.88. The molecule has 0 aliphatic heterocycles. The van der Waals surface area contributed by atoms with Gasteiger partial charge in [0.05, 0.1) is 18.1 Å². The molecule has 3 aliphatic rings. The number of carbonyl (C=O) groups is 1. The lowest BCUT2D eigenvalue weighted by Gasteiger charge is -2.30. The molecule has 0 atom stereocenters. The first-order chi connectivity index (χ1) is 11.8. The zero-order valence-corrected chi connectivity index (χ0v) is 15.0. The normalized spacial score (nSPS) is 30.2. The quantitative estimate of drug-likeness (QED) is 0.518. The van der Waals surface area contributed by atoms with Gasteiger partial charge >= 0.3 is 5.97 Å². The summed E-state index contributed by atoms with van der Waals surface area (Å²) in [7, 11) is 0. The van der Waals surface area contributed by atoms with Crippen LogP contribution in [0.15, 0.2) is 0 Å². The summed E-state index contributed by atoms with van der Waals surface area (Å²) < 4.78 is 17.5. The molecular formula is C20H34O4. The Bertz CT molecular complexity index is 364. The Kier molecular flexibility index (Phi) is 7.40. The fourth-order valence-electron chi connectivity index (χ4n) is 4.37. The van der Waals surface area contributed by atoms with E-state index in [0.717, 1.165) is 38.5 Å². The summed E-state index contributed by atoms with van der Waals surface area (Å²) in [6.07, 6.45) is 16.7. The second-order valence-corrected chi connectivity index (χ2v) is 7.88. The van der Waals surface area contributed by atoms with E-state index in [0.29, 0.717) is 12.9 Å². The molecule has 0 heterocycles. The molecule has 0 spiro atoms.